The largest absolute Gasteiger partial charge is 0.497 e. The van der Waals surface area contributed by atoms with Gasteiger partial charge >= 0.3 is 5.97 Å². The van der Waals surface area contributed by atoms with Gasteiger partial charge in [0.05, 0.1) is 38.9 Å². The first kappa shape index (κ1) is 91.8. The van der Waals surface area contributed by atoms with Crippen LogP contribution in [0, 0.1) is 5.92 Å². The highest BCUT2D eigenvalue weighted by Crippen LogP contribution is 2.22. The number of nitrogens with one attached hydrogen (secondary N) is 14. The molecule has 24 N–H and O–H groups in total. The third-order valence-corrected chi connectivity index (χ3v) is 18.6. The van der Waals surface area contributed by atoms with Gasteiger partial charge in [-0.1, -0.05) is 86.6 Å². The van der Waals surface area contributed by atoms with Crippen LogP contribution in [0.4, 0.5) is 0 Å². The van der Waals surface area contributed by atoms with Crippen LogP contribution < -0.4 is 96.8 Å². The first-order valence-corrected chi connectivity index (χ1v) is 37.3. The lowest BCUT2D eigenvalue weighted by Crippen LogP contribution is -2.64. The van der Waals surface area contributed by atoms with Gasteiger partial charge in [0.1, 0.15) is 77.7 Å². The smallest absolute Gasteiger partial charge is 0.326 e. The maximum Gasteiger partial charge on any atom is 0.326 e. The number of carbonyl (C=O) groups is 18. The fourth-order valence-electron chi connectivity index (χ4n) is 12.5. The summed E-state index contributed by atoms with van der Waals surface area (Å²) in [4.78, 5) is 253. The summed E-state index contributed by atoms with van der Waals surface area (Å²) < 4.78 is 5.37. The van der Waals surface area contributed by atoms with Gasteiger partial charge in [-0.3, -0.25) is 81.5 Å². The number of aliphatic hydroxyl groups is 1. The molecular weight excluding hydrogens is 1510 g/mol. The van der Waals surface area contributed by atoms with Crippen molar-refractivity contribution < 1.29 is 101 Å². The van der Waals surface area contributed by atoms with Crippen LogP contribution in [0.5, 0.6) is 5.75 Å². The van der Waals surface area contributed by atoms with Gasteiger partial charge in [0.2, 0.25) is 100 Å². The summed E-state index contributed by atoms with van der Waals surface area (Å²) in [5, 5.41) is 54.9. The second kappa shape index (κ2) is 43.2. The Morgan fingerprint density at radius 3 is 1.74 bits per heavy atom. The number of aliphatic hydroxyl groups excluding tert-OH is 1. The molecule has 1 aromatic heterocycles. The predicted molar refractivity (Wildman–Crippen MR) is 416 cm³/mol. The monoisotopic (exact) mass is 1610 g/mol. The molecule has 0 bridgehead atoms. The fraction of sp³-hybridized carbons (Fsp3) is 0.455. The lowest BCUT2D eigenvalue weighted by Gasteiger charge is -2.31. The van der Waals surface area contributed by atoms with E-state index in [0.29, 0.717) is 38.7 Å². The summed E-state index contributed by atoms with van der Waals surface area (Å²) in [5.74, 6) is -21.0. The van der Waals surface area contributed by atoms with Crippen molar-refractivity contribution in [2.45, 2.75) is 203 Å². The summed E-state index contributed by atoms with van der Waals surface area (Å²) in [6.07, 6.45) is -6.82. The van der Waals surface area contributed by atoms with E-state index in [9.17, 15) is 77.3 Å². The van der Waals surface area contributed by atoms with Crippen molar-refractivity contribution in [3.8, 4) is 5.75 Å². The zero-order chi connectivity index (χ0) is 85.8. The molecule has 5 aromatic rings. The summed E-state index contributed by atoms with van der Waals surface area (Å²) in [5.41, 5.74) is 21.5. The zero-order valence-corrected chi connectivity index (χ0v) is 65.1. The van der Waals surface area contributed by atoms with E-state index in [1.54, 1.807) is 98.8 Å². The molecule has 39 nitrogen and oxygen atoms in total. The number of hydrogen-bond acceptors (Lipinski definition) is 20. The molecule has 17 amide bonds. The summed E-state index contributed by atoms with van der Waals surface area (Å²) >= 11 is 0. The summed E-state index contributed by atoms with van der Waals surface area (Å²) in [7, 11) is 1.41. The van der Waals surface area contributed by atoms with E-state index in [2.05, 4.69) is 68.8 Å². The van der Waals surface area contributed by atoms with E-state index in [0.717, 1.165) is 19.2 Å². The molecule has 1 unspecified atom stereocenters. The normalized spacial score (nSPS) is 21.8. The van der Waals surface area contributed by atoms with Gasteiger partial charge in [-0.05, 0) is 104 Å². The van der Waals surface area contributed by atoms with Crippen molar-refractivity contribution in [1.82, 2.24) is 74.1 Å². The minimum atomic E-state index is -2.18. The number of nitrogens with two attached hydrogens (primary N) is 4. The number of benzene rings is 4. The van der Waals surface area contributed by atoms with Gasteiger partial charge in [-0.25, -0.2) is 4.79 Å². The number of aliphatic carboxylic acids is 1. The third kappa shape index (κ3) is 28.8. The molecule has 0 radical (unpaired) electrons. The van der Waals surface area contributed by atoms with Gasteiger partial charge in [-0.15, -0.1) is 0 Å². The molecular formula is C77H102N18O21. The van der Waals surface area contributed by atoms with Crippen LogP contribution in [0.3, 0.4) is 0 Å². The van der Waals surface area contributed by atoms with Crippen LogP contribution in [0.1, 0.15) is 122 Å². The highest BCUT2D eigenvalue weighted by molar-refractivity contribution is 6.03. The van der Waals surface area contributed by atoms with Gasteiger partial charge in [-0.2, -0.15) is 0 Å². The number of carboxylic acid groups (broad SMARTS) is 1. The lowest BCUT2D eigenvalue weighted by atomic mass is 9.97. The molecule has 1 saturated heterocycles. The molecule has 0 aliphatic carbocycles. The molecule has 1 fully saturated rings. The summed E-state index contributed by atoms with van der Waals surface area (Å²) in [6, 6.07) is 5.47. The Balaban J connectivity index is 1.48. The molecule has 6 rings (SSSR count). The molecule has 116 heavy (non-hydrogen) atoms. The van der Waals surface area contributed by atoms with Crippen LogP contribution in [0.2, 0.25) is 0 Å². The van der Waals surface area contributed by atoms with Gasteiger partial charge < -0.3 is 112 Å². The van der Waals surface area contributed by atoms with E-state index in [4.69, 9.17) is 27.7 Å². The van der Waals surface area contributed by atoms with Crippen molar-refractivity contribution in [3.05, 3.63) is 114 Å². The van der Waals surface area contributed by atoms with E-state index >= 15 is 19.2 Å². The maximum atomic E-state index is 15.4. The first-order chi connectivity index (χ1) is 54.7. The highest BCUT2D eigenvalue weighted by Gasteiger charge is 2.41. The first-order valence-electron chi connectivity index (χ1n) is 37.3. The number of hydrogen-bond donors (Lipinski definition) is 20. The number of carboxylic acids is 1. The van der Waals surface area contributed by atoms with Crippen molar-refractivity contribution in [1.29, 1.82) is 0 Å². The topological polar surface area (TPSA) is 633 Å². The van der Waals surface area contributed by atoms with E-state index in [-0.39, 0.29) is 51.5 Å². The average molecular weight is 1620 g/mol. The second-order valence-electron chi connectivity index (χ2n) is 29.1. The second-order valence-corrected chi connectivity index (χ2v) is 29.1. The van der Waals surface area contributed by atoms with Crippen molar-refractivity contribution in [2.24, 2.45) is 28.9 Å². The minimum absolute atomic E-state index is 0.0324. The molecule has 39 heteroatoms. The van der Waals surface area contributed by atoms with E-state index < -0.39 is 229 Å². The average Bonchev–Trinajstić information content (AvgIpc) is 1.80. The molecule has 0 saturated carbocycles. The number of ether oxygens (including phenoxy) is 1. The number of rotatable bonds is 25. The van der Waals surface area contributed by atoms with E-state index in [1.165, 1.54) is 27.2 Å². The van der Waals surface area contributed by atoms with Crippen LogP contribution >= 0.6 is 0 Å². The number of carbonyl (C=O) groups excluding carboxylic acids is 17. The molecule has 2 heterocycles. The number of fused-ring (bicyclic) bond motifs is 2. The van der Waals surface area contributed by atoms with Crippen LogP contribution in [0.15, 0.2) is 97.2 Å². The number of amides is 17. The fourth-order valence-corrected chi connectivity index (χ4v) is 12.5. The number of para-hydroxylation sites is 1. The van der Waals surface area contributed by atoms with Crippen molar-refractivity contribution in [3.63, 3.8) is 0 Å². The van der Waals surface area contributed by atoms with Gasteiger partial charge in [0, 0.05) is 56.3 Å². The lowest BCUT2D eigenvalue weighted by molar-refractivity contribution is -0.144. The Bertz CT molecular complexity index is 4470. The Morgan fingerprint density at radius 2 is 1.13 bits per heavy atom. The predicted octanol–water partition coefficient (Wildman–Crippen LogP) is -4.30. The number of H-pyrrole nitrogens is 1. The maximum absolute atomic E-state index is 15.4. The Morgan fingerprint density at radius 1 is 0.578 bits per heavy atom. The van der Waals surface area contributed by atoms with Gasteiger partial charge in [0.15, 0.2) is 0 Å². The Hall–Kier alpha value is -13.1. The number of methoxy groups -OCH3 is 1. The van der Waals surface area contributed by atoms with Crippen LogP contribution in [-0.2, 0) is 106 Å². The Kier molecular flexibility index (Phi) is 34.2. The van der Waals surface area contributed by atoms with Gasteiger partial charge in [0.25, 0.3) is 0 Å². The molecule has 1 aliphatic rings. The molecule has 1 aliphatic heterocycles. The molecule has 0 spiro atoms. The highest BCUT2D eigenvalue weighted by atomic mass is 16.5. The third-order valence-electron chi connectivity index (χ3n) is 18.6. The Labute approximate surface area is 666 Å². The molecule has 12 atom stereocenters. The minimum Gasteiger partial charge on any atom is -0.497 e. The zero-order valence-electron chi connectivity index (χ0n) is 65.1. The SMILES string of the molecule is COc1ccc(C[C@@H]2NC(=O)[C@H](CC(C)C)NC(=O)[C@H](CCC(N)=O)NC(=O)[C@H](Cc3c[nH]c4ccccc34)NC(=O)C([C@@H](C)O)NC(=O)[C@H](CC(N)=O)NC(=O)[C@H](NC(C)=O)CCCCNC(=O)C[C@H](C(=O)N[C@@H](CC(N)=O)C(=O)N[C@@H](CC(N)=O)C(=O)O)NC(=O)C(C)(C)NC(=O)[C@H](Cc3ccc4ccccc4c3)NC2=O)cc1. The van der Waals surface area contributed by atoms with Crippen LogP contribution in [0.25, 0.3) is 21.7 Å². The van der Waals surface area contributed by atoms with Crippen molar-refractivity contribution in [2.75, 3.05) is 13.7 Å². The van der Waals surface area contributed by atoms with E-state index in [1.807, 2.05) is 11.4 Å². The standard InChI is InChI=1S/C77H102N18O21/c1-38(2)28-51-67(105)87-52(30-41-20-23-46(116-7)24-21-41)68(106)88-53(31-42-19-22-43-14-8-9-15-44(43)29-42)73(111)95-77(5,6)76(115)93-57(71(109)90-55(33-60(79)99)70(108)92-58(75(113)114)35-62(81)101)36-63(102)82-27-13-12-18-49(84-40(4)97)65(103)89-56(34-61(80)100)72(110)94-64(39(3)96)74(112)91-54(32-45-37-83-48-17-11-10-16-47(45)48)69(107)85-50(66(104)86-51)25-26-59(78)98/h8-11,14-17,19-24,29,37-39,49-58,64,83,96H,12-13,18,25-28,30-36H2,1-7H3,(H2,78,98)(H2,79,99)(H2,80,100)(H2,81,101)(H,82,102)(H,84,97)(H,85,107)(H,86,104)(H,87,105)(H,88,106)(H,89,103)(H,90,109)(H,91,112)(H,92,108)(H,93,115)(H,94,110)(H,95,111)(H,113,114)/t39-,49-,50+,51+,52+,53+,54+,55+,56+,57-,58+,64?/m1/s1. The number of aromatic nitrogens is 1. The number of aromatic amines is 1. The molecule has 4 aromatic carbocycles. The quantitative estimate of drug-likeness (QED) is 0.0263. The summed E-state index contributed by atoms with van der Waals surface area (Å²) in [6.45, 7) is 7.59. The van der Waals surface area contributed by atoms with Crippen molar-refractivity contribution >= 4 is 128 Å². The number of primary amides is 4. The van der Waals surface area contributed by atoms with Crippen LogP contribution in [-0.4, -0.2) is 213 Å². The molecule has 626 valence electrons.